The summed E-state index contributed by atoms with van der Waals surface area (Å²) in [6, 6.07) is 15.5. The van der Waals surface area contributed by atoms with Crippen molar-refractivity contribution in [1.82, 2.24) is 10.3 Å². The molecule has 0 spiro atoms. The highest BCUT2D eigenvalue weighted by Crippen LogP contribution is 2.31. The molecule has 0 saturated heterocycles. The van der Waals surface area contributed by atoms with Crippen LogP contribution in [-0.2, 0) is 14.3 Å². The maximum atomic E-state index is 12.5. The number of carbonyl (C=O) groups excluding carboxylic acids is 3. The molecule has 2 amide bonds. The number of anilines is 1. The van der Waals surface area contributed by atoms with Crippen molar-refractivity contribution in [2.75, 3.05) is 5.32 Å². The zero-order chi connectivity index (χ0) is 24.2. The van der Waals surface area contributed by atoms with E-state index in [0.717, 1.165) is 20.8 Å². The fraction of sp³-hybridized carbons (Fsp3) is 0.200. The van der Waals surface area contributed by atoms with Crippen LogP contribution in [0.2, 0.25) is 0 Å². The number of esters is 1. The van der Waals surface area contributed by atoms with Crippen molar-refractivity contribution >= 4 is 45.0 Å². The van der Waals surface area contributed by atoms with Crippen molar-refractivity contribution < 1.29 is 23.5 Å². The molecule has 34 heavy (non-hydrogen) atoms. The minimum Gasteiger partial charge on any atom is -0.459 e. The summed E-state index contributed by atoms with van der Waals surface area (Å²) in [4.78, 5) is 41.4. The third kappa shape index (κ3) is 5.32. The van der Waals surface area contributed by atoms with Crippen molar-refractivity contribution in [1.29, 1.82) is 0 Å². The normalized spacial score (nSPS) is 12.7. The van der Waals surface area contributed by atoms with Gasteiger partial charge in [-0.2, -0.15) is 0 Å². The van der Waals surface area contributed by atoms with E-state index in [2.05, 4.69) is 21.7 Å². The number of nitrogens with zero attached hydrogens (tertiary/aromatic N) is 1. The Balaban J connectivity index is 1.32. The largest absolute Gasteiger partial charge is 0.459 e. The summed E-state index contributed by atoms with van der Waals surface area (Å²) in [5.41, 5.74) is 3.64. The lowest BCUT2D eigenvalue weighted by Gasteiger charge is -2.17. The Morgan fingerprint density at radius 1 is 1.06 bits per heavy atom. The van der Waals surface area contributed by atoms with Crippen LogP contribution in [0.15, 0.2) is 65.3 Å². The molecule has 0 aliphatic rings. The molecule has 2 aromatic carbocycles. The van der Waals surface area contributed by atoms with Crippen LogP contribution in [0.4, 0.5) is 5.69 Å². The fourth-order valence-electron chi connectivity index (χ4n) is 3.16. The lowest BCUT2D eigenvalue weighted by molar-refractivity contribution is -0.154. The molecule has 0 saturated carbocycles. The second kappa shape index (κ2) is 9.88. The highest BCUT2D eigenvalue weighted by molar-refractivity contribution is 7.21. The Kier molecular flexibility index (Phi) is 6.74. The molecule has 0 bridgehead atoms. The average molecular weight is 478 g/mol. The van der Waals surface area contributed by atoms with Crippen molar-refractivity contribution in [2.45, 2.75) is 32.9 Å². The monoisotopic (exact) mass is 477 g/mol. The third-order valence-electron chi connectivity index (χ3n) is 5.05. The van der Waals surface area contributed by atoms with Gasteiger partial charge in [0.25, 0.3) is 11.8 Å². The number of thiazole rings is 1. The number of aromatic nitrogens is 1. The van der Waals surface area contributed by atoms with Gasteiger partial charge in [-0.1, -0.05) is 6.07 Å². The molecule has 174 valence electrons. The molecular formula is C25H23N3O5S. The summed E-state index contributed by atoms with van der Waals surface area (Å²) in [5, 5.41) is 6.09. The number of hydrogen-bond donors (Lipinski definition) is 2. The number of ether oxygens (including phenoxy) is 1. The Bertz CT molecular complexity index is 1330. The first-order valence-corrected chi connectivity index (χ1v) is 11.4. The summed E-state index contributed by atoms with van der Waals surface area (Å²) in [7, 11) is 0. The van der Waals surface area contributed by atoms with Crippen LogP contribution in [0.25, 0.3) is 20.8 Å². The SMILES string of the molecule is Cc1ccc2nc(-c3ccc(NC(=O)[C@H](C)OC(=O)[C@H](C)NC(=O)c4ccco4)cc3)sc2c1. The molecule has 8 nitrogen and oxygen atoms in total. The van der Waals surface area contributed by atoms with Crippen LogP contribution in [0, 0.1) is 6.92 Å². The van der Waals surface area contributed by atoms with E-state index in [4.69, 9.17) is 9.15 Å². The Labute approximate surface area is 199 Å². The summed E-state index contributed by atoms with van der Waals surface area (Å²) in [5.74, 6) is -1.69. The summed E-state index contributed by atoms with van der Waals surface area (Å²) in [6.07, 6.45) is 0.305. The molecular weight excluding hydrogens is 454 g/mol. The maximum absolute atomic E-state index is 12.5. The van der Waals surface area contributed by atoms with Gasteiger partial charge in [0.2, 0.25) is 0 Å². The fourth-order valence-corrected chi connectivity index (χ4v) is 4.23. The van der Waals surface area contributed by atoms with Crippen LogP contribution >= 0.6 is 11.3 Å². The van der Waals surface area contributed by atoms with E-state index in [1.807, 2.05) is 31.2 Å². The smallest absolute Gasteiger partial charge is 0.329 e. The van der Waals surface area contributed by atoms with E-state index in [0.29, 0.717) is 5.69 Å². The number of amides is 2. The number of benzene rings is 2. The summed E-state index contributed by atoms with van der Waals surface area (Å²) in [6.45, 7) is 4.98. The van der Waals surface area contributed by atoms with Crippen LogP contribution in [0.1, 0.15) is 30.0 Å². The molecule has 2 aromatic heterocycles. The van der Waals surface area contributed by atoms with E-state index in [1.54, 1.807) is 29.5 Å². The van der Waals surface area contributed by atoms with Gasteiger partial charge < -0.3 is 19.8 Å². The van der Waals surface area contributed by atoms with Gasteiger partial charge in [0.05, 0.1) is 16.5 Å². The molecule has 0 unspecified atom stereocenters. The highest BCUT2D eigenvalue weighted by atomic mass is 32.1. The van der Waals surface area contributed by atoms with Crippen molar-refractivity contribution in [3.63, 3.8) is 0 Å². The van der Waals surface area contributed by atoms with Gasteiger partial charge in [0.1, 0.15) is 11.0 Å². The Morgan fingerprint density at radius 2 is 1.82 bits per heavy atom. The van der Waals surface area contributed by atoms with Crippen LogP contribution in [0.5, 0.6) is 0 Å². The number of fused-ring (bicyclic) bond motifs is 1. The quantitative estimate of drug-likeness (QED) is 0.378. The van der Waals surface area contributed by atoms with E-state index < -0.39 is 29.9 Å². The zero-order valence-corrected chi connectivity index (χ0v) is 19.6. The van der Waals surface area contributed by atoms with Crippen molar-refractivity contribution in [2.24, 2.45) is 0 Å². The molecule has 4 aromatic rings. The first-order chi connectivity index (χ1) is 16.3. The number of nitrogens with one attached hydrogen (secondary N) is 2. The molecule has 2 atom stereocenters. The maximum Gasteiger partial charge on any atom is 0.329 e. The summed E-state index contributed by atoms with van der Waals surface area (Å²) < 4.78 is 11.3. The molecule has 4 rings (SSSR count). The van der Waals surface area contributed by atoms with E-state index in [-0.39, 0.29) is 5.76 Å². The average Bonchev–Trinajstić information content (AvgIpc) is 3.49. The first kappa shape index (κ1) is 23.2. The number of carbonyl (C=O) groups is 3. The predicted molar refractivity (Wildman–Crippen MR) is 130 cm³/mol. The van der Waals surface area contributed by atoms with Crippen molar-refractivity contribution in [3.05, 3.63) is 72.2 Å². The molecule has 0 fully saturated rings. The minimum absolute atomic E-state index is 0.0786. The van der Waals surface area contributed by atoms with Crippen LogP contribution < -0.4 is 10.6 Å². The Morgan fingerprint density at radius 3 is 2.53 bits per heavy atom. The van der Waals surface area contributed by atoms with Gasteiger partial charge in [0.15, 0.2) is 11.9 Å². The van der Waals surface area contributed by atoms with Gasteiger partial charge in [-0.15, -0.1) is 11.3 Å². The molecule has 0 aliphatic carbocycles. The van der Waals surface area contributed by atoms with E-state index in [9.17, 15) is 14.4 Å². The van der Waals surface area contributed by atoms with Gasteiger partial charge >= 0.3 is 5.97 Å². The lowest BCUT2D eigenvalue weighted by Crippen LogP contribution is -2.42. The van der Waals surface area contributed by atoms with Gasteiger partial charge in [0, 0.05) is 11.3 Å². The third-order valence-corrected chi connectivity index (χ3v) is 6.12. The van der Waals surface area contributed by atoms with Gasteiger partial charge in [-0.25, -0.2) is 9.78 Å². The van der Waals surface area contributed by atoms with E-state index in [1.165, 1.54) is 31.7 Å². The first-order valence-electron chi connectivity index (χ1n) is 10.6. The second-order valence-electron chi connectivity index (χ2n) is 7.81. The molecule has 0 radical (unpaired) electrons. The molecule has 2 N–H and O–H groups in total. The van der Waals surface area contributed by atoms with Crippen molar-refractivity contribution in [3.8, 4) is 10.6 Å². The lowest BCUT2D eigenvalue weighted by atomic mass is 10.2. The molecule has 9 heteroatoms. The van der Waals surface area contributed by atoms with Crippen LogP contribution in [-0.4, -0.2) is 34.9 Å². The predicted octanol–water partition coefficient (Wildman–Crippen LogP) is 4.55. The second-order valence-corrected chi connectivity index (χ2v) is 8.84. The Hall–Kier alpha value is -3.98. The van der Waals surface area contributed by atoms with Crippen LogP contribution in [0.3, 0.4) is 0 Å². The number of furan rings is 1. The number of aryl methyl sites for hydroxylation is 1. The zero-order valence-electron chi connectivity index (χ0n) is 18.8. The van der Waals surface area contributed by atoms with Gasteiger partial charge in [-0.3, -0.25) is 9.59 Å². The number of rotatable bonds is 7. The highest BCUT2D eigenvalue weighted by Gasteiger charge is 2.24. The summed E-state index contributed by atoms with van der Waals surface area (Å²) >= 11 is 1.61. The minimum atomic E-state index is -1.05. The molecule has 2 heterocycles. The van der Waals surface area contributed by atoms with E-state index >= 15 is 0 Å². The van der Waals surface area contributed by atoms with Gasteiger partial charge in [-0.05, 0) is 74.9 Å². The standard InChI is InChI=1S/C25H23N3O5S/c1-14-6-11-19-21(13-14)34-24(28-19)17-7-9-18(10-8-17)27-22(29)16(3)33-25(31)15(2)26-23(30)20-5-4-12-32-20/h4-13,15-16H,1-3H3,(H,26,30)(H,27,29)/t15-,16-/m0/s1. The topological polar surface area (TPSA) is 111 Å². The number of hydrogen-bond acceptors (Lipinski definition) is 7. The molecule has 0 aliphatic heterocycles.